The SMILES string of the molecule is COc1ccc(CN(C)C)c(Br)c1OCc1ccccc1. The quantitative estimate of drug-likeness (QED) is 0.783. The van der Waals surface area contributed by atoms with Gasteiger partial charge in [-0.05, 0) is 47.2 Å². The van der Waals surface area contributed by atoms with Crippen molar-refractivity contribution in [1.29, 1.82) is 0 Å². The number of hydrogen-bond donors (Lipinski definition) is 0. The van der Waals surface area contributed by atoms with E-state index in [9.17, 15) is 0 Å². The minimum Gasteiger partial charge on any atom is -0.493 e. The molecule has 112 valence electrons. The van der Waals surface area contributed by atoms with E-state index in [2.05, 4.69) is 26.9 Å². The molecule has 0 radical (unpaired) electrons. The maximum atomic E-state index is 5.98. The van der Waals surface area contributed by atoms with Crippen molar-refractivity contribution in [1.82, 2.24) is 4.90 Å². The molecule has 0 aliphatic rings. The van der Waals surface area contributed by atoms with Crippen molar-refractivity contribution in [2.75, 3.05) is 21.2 Å². The molecule has 0 N–H and O–H groups in total. The fourth-order valence-electron chi connectivity index (χ4n) is 2.07. The predicted octanol–water partition coefficient (Wildman–Crippen LogP) is 4.10. The van der Waals surface area contributed by atoms with Gasteiger partial charge in [0, 0.05) is 6.54 Å². The monoisotopic (exact) mass is 349 g/mol. The van der Waals surface area contributed by atoms with E-state index in [4.69, 9.17) is 9.47 Å². The molecule has 0 unspecified atom stereocenters. The minimum absolute atomic E-state index is 0.515. The molecule has 0 aliphatic heterocycles. The summed E-state index contributed by atoms with van der Waals surface area (Å²) in [6.45, 7) is 1.35. The highest BCUT2D eigenvalue weighted by Crippen LogP contribution is 2.38. The smallest absolute Gasteiger partial charge is 0.176 e. The van der Waals surface area contributed by atoms with Crippen molar-refractivity contribution in [3.63, 3.8) is 0 Å². The molecule has 21 heavy (non-hydrogen) atoms. The van der Waals surface area contributed by atoms with Gasteiger partial charge in [-0.1, -0.05) is 36.4 Å². The first-order chi connectivity index (χ1) is 10.1. The lowest BCUT2D eigenvalue weighted by molar-refractivity contribution is 0.281. The van der Waals surface area contributed by atoms with Gasteiger partial charge in [-0.15, -0.1) is 0 Å². The third kappa shape index (κ3) is 4.22. The van der Waals surface area contributed by atoms with Gasteiger partial charge in [-0.25, -0.2) is 0 Å². The normalized spacial score (nSPS) is 10.7. The van der Waals surface area contributed by atoms with Crippen LogP contribution in [0.3, 0.4) is 0 Å². The van der Waals surface area contributed by atoms with Crippen LogP contribution in [0.1, 0.15) is 11.1 Å². The third-order valence-corrected chi connectivity index (χ3v) is 3.94. The zero-order valence-corrected chi connectivity index (χ0v) is 14.2. The van der Waals surface area contributed by atoms with Gasteiger partial charge in [0.25, 0.3) is 0 Å². The number of rotatable bonds is 6. The molecular formula is C17H20BrNO2. The fourth-order valence-corrected chi connectivity index (χ4v) is 2.63. The summed E-state index contributed by atoms with van der Waals surface area (Å²) < 4.78 is 12.3. The molecule has 0 aromatic heterocycles. The standard InChI is InChI=1S/C17H20BrNO2/c1-19(2)11-14-9-10-15(20-3)17(16(14)18)21-12-13-7-5-4-6-8-13/h4-10H,11-12H2,1-3H3. The van der Waals surface area contributed by atoms with Crippen LogP contribution in [0.2, 0.25) is 0 Å². The summed E-state index contributed by atoms with van der Waals surface area (Å²) in [5.74, 6) is 1.49. The third-order valence-electron chi connectivity index (χ3n) is 3.07. The second-order valence-corrected chi connectivity index (χ2v) is 5.88. The summed E-state index contributed by atoms with van der Waals surface area (Å²) in [5, 5.41) is 0. The Morgan fingerprint density at radius 3 is 2.38 bits per heavy atom. The van der Waals surface area contributed by atoms with E-state index >= 15 is 0 Å². The molecule has 0 saturated carbocycles. The van der Waals surface area contributed by atoms with Crippen LogP contribution in [-0.2, 0) is 13.2 Å². The zero-order chi connectivity index (χ0) is 15.2. The van der Waals surface area contributed by atoms with Crippen LogP contribution in [0.25, 0.3) is 0 Å². The van der Waals surface area contributed by atoms with Gasteiger partial charge in [-0.2, -0.15) is 0 Å². The van der Waals surface area contributed by atoms with E-state index < -0.39 is 0 Å². The Balaban J connectivity index is 2.23. The van der Waals surface area contributed by atoms with E-state index in [1.807, 2.05) is 50.5 Å². The van der Waals surface area contributed by atoms with E-state index in [0.29, 0.717) is 6.61 Å². The molecule has 0 spiro atoms. The summed E-state index contributed by atoms with van der Waals surface area (Å²) in [6.07, 6.45) is 0. The molecule has 3 nitrogen and oxygen atoms in total. The molecule has 0 atom stereocenters. The van der Waals surface area contributed by atoms with Gasteiger partial charge >= 0.3 is 0 Å². The highest BCUT2D eigenvalue weighted by molar-refractivity contribution is 9.10. The number of halogens is 1. The average molecular weight is 350 g/mol. The second-order valence-electron chi connectivity index (χ2n) is 5.08. The molecule has 0 bridgehead atoms. The molecule has 0 fully saturated rings. The first-order valence-electron chi connectivity index (χ1n) is 6.78. The van der Waals surface area contributed by atoms with Crippen molar-refractivity contribution in [2.45, 2.75) is 13.2 Å². The first kappa shape index (κ1) is 15.9. The van der Waals surface area contributed by atoms with Crippen LogP contribution in [0.5, 0.6) is 11.5 Å². The molecule has 0 aliphatic carbocycles. The van der Waals surface area contributed by atoms with Crippen molar-refractivity contribution in [3.05, 3.63) is 58.1 Å². The van der Waals surface area contributed by atoms with E-state index in [-0.39, 0.29) is 0 Å². The summed E-state index contributed by atoms with van der Waals surface area (Å²) in [5.41, 5.74) is 2.30. The second kappa shape index (κ2) is 7.48. The van der Waals surface area contributed by atoms with Crippen LogP contribution in [-0.4, -0.2) is 26.1 Å². The minimum atomic E-state index is 0.515. The van der Waals surface area contributed by atoms with Gasteiger partial charge in [0.05, 0.1) is 11.6 Å². The Labute approximate surface area is 134 Å². The van der Waals surface area contributed by atoms with Crippen LogP contribution in [0, 0.1) is 0 Å². The summed E-state index contributed by atoms with van der Waals surface area (Å²) >= 11 is 3.64. The lowest BCUT2D eigenvalue weighted by atomic mass is 10.2. The lowest BCUT2D eigenvalue weighted by Crippen LogP contribution is -2.11. The Morgan fingerprint density at radius 1 is 1.05 bits per heavy atom. The van der Waals surface area contributed by atoms with E-state index in [1.165, 1.54) is 5.56 Å². The Morgan fingerprint density at radius 2 is 1.76 bits per heavy atom. The number of ether oxygens (including phenoxy) is 2. The van der Waals surface area contributed by atoms with Crippen molar-refractivity contribution in [2.24, 2.45) is 0 Å². The molecule has 2 aromatic carbocycles. The predicted molar refractivity (Wildman–Crippen MR) is 88.9 cm³/mol. The number of hydrogen-bond acceptors (Lipinski definition) is 3. The summed E-state index contributed by atoms with van der Waals surface area (Å²) in [7, 11) is 5.74. The number of nitrogens with zero attached hydrogens (tertiary/aromatic N) is 1. The maximum Gasteiger partial charge on any atom is 0.176 e. The fraction of sp³-hybridized carbons (Fsp3) is 0.294. The van der Waals surface area contributed by atoms with Crippen molar-refractivity contribution >= 4 is 15.9 Å². The van der Waals surface area contributed by atoms with E-state index in [1.54, 1.807) is 7.11 Å². The maximum absolute atomic E-state index is 5.98. The first-order valence-corrected chi connectivity index (χ1v) is 7.58. The van der Waals surface area contributed by atoms with Gasteiger partial charge in [0.1, 0.15) is 6.61 Å². The summed E-state index contributed by atoms with van der Waals surface area (Å²) in [6, 6.07) is 14.1. The Hall–Kier alpha value is -1.52. The number of methoxy groups -OCH3 is 1. The summed E-state index contributed by atoms with van der Waals surface area (Å²) in [4.78, 5) is 2.12. The Kier molecular flexibility index (Phi) is 5.65. The van der Waals surface area contributed by atoms with Gasteiger partial charge in [0.2, 0.25) is 0 Å². The van der Waals surface area contributed by atoms with Crippen LogP contribution in [0.15, 0.2) is 46.9 Å². The van der Waals surface area contributed by atoms with Crippen molar-refractivity contribution in [3.8, 4) is 11.5 Å². The number of benzene rings is 2. The molecule has 2 rings (SSSR count). The average Bonchev–Trinajstić information content (AvgIpc) is 2.48. The molecule has 0 saturated heterocycles. The molecule has 4 heteroatoms. The van der Waals surface area contributed by atoms with Crippen LogP contribution < -0.4 is 9.47 Å². The molecule has 0 amide bonds. The topological polar surface area (TPSA) is 21.7 Å². The lowest BCUT2D eigenvalue weighted by Gasteiger charge is -2.17. The van der Waals surface area contributed by atoms with Gasteiger partial charge in [0.15, 0.2) is 11.5 Å². The molecule has 0 heterocycles. The highest BCUT2D eigenvalue weighted by atomic mass is 79.9. The van der Waals surface area contributed by atoms with Gasteiger partial charge < -0.3 is 14.4 Å². The molecule has 2 aromatic rings. The van der Waals surface area contributed by atoms with Crippen LogP contribution >= 0.6 is 15.9 Å². The van der Waals surface area contributed by atoms with Gasteiger partial charge in [-0.3, -0.25) is 0 Å². The highest BCUT2D eigenvalue weighted by Gasteiger charge is 2.14. The Bertz CT molecular complexity index is 585. The van der Waals surface area contributed by atoms with Crippen LogP contribution in [0.4, 0.5) is 0 Å². The largest absolute Gasteiger partial charge is 0.493 e. The zero-order valence-electron chi connectivity index (χ0n) is 12.6. The van der Waals surface area contributed by atoms with E-state index in [0.717, 1.165) is 28.1 Å². The van der Waals surface area contributed by atoms with Crippen molar-refractivity contribution < 1.29 is 9.47 Å². The molecular weight excluding hydrogens is 330 g/mol.